The van der Waals surface area contributed by atoms with E-state index in [9.17, 15) is 4.79 Å². The zero-order valence-electron chi connectivity index (χ0n) is 15.6. The zero-order chi connectivity index (χ0) is 19.3. The molecular formula is C23H21N3O2. The first-order valence-corrected chi connectivity index (χ1v) is 9.21. The van der Waals surface area contributed by atoms with E-state index in [0.717, 1.165) is 22.6 Å². The lowest BCUT2D eigenvalue weighted by Crippen LogP contribution is -2.55. The van der Waals surface area contributed by atoms with Gasteiger partial charge in [-0.2, -0.15) is 0 Å². The molecule has 140 valence electrons. The van der Waals surface area contributed by atoms with Gasteiger partial charge in [0.15, 0.2) is 0 Å². The monoisotopic (exact) mass is 371 g/mol. The molecule has 1 amide bonds. The number of benzene rings is 2. The Bertz CT molecular complexity index is 956. The number of methoxy groups -OCH3 is 1. The largest absolute Gasteiger partial charge is 0.497 e. The van der Waals surface area contributed by atoms with E-state index in [-0.39, 0.29) is 17.9 Å². The predicted molar refractivity (Wildman–Crippen MR) is 109 cm³/mol. The number of amides is 1. The third kappa shape index (κ3) is 3.51. The van der Waals surface area contributed by atoms with Crippen molar-refractivity contribution < 1.29 is 9.53 Å². The Hall–Kier alpha value is -3.47. The van der Waals surface area contributed by atoms with Crippen molar-refractivity contribution in [3.05, 3.63) is 90.5 Å². The van der Waals surface area contributed by atoms with E-state index in [2.05, 4.69) is 9.97 Å². The van der Waals surface area contributed by atoms with E-state index < -0.39 is 0 Å². The number of nitrogens with zero attached hydrogens (tertiary/aromatic N) is 3. The van der Waals surface area contributed by atoms with Crippen LogP contribution in [0.1, 0.15) is 23.6 Å². The van der Waals surface area contributed by atoms with Crippen molar-refractivity contribution >= 4 is 17.7 Å². The van der Waals surface area contributed by atoms with E-state index in [1.165, 1.54) is 6.33 Å². The molecule has 4 rings (SSSR count). The van der Waals surface area contributed by atoms with E-state index >= 15 is 0 Å². The number of allylic oxidation sites excluding steroid dienone is 1. The van der Waals surface area contributed by atoms with Crippen LogP contribution in [0.3, 0.4) is 0 Å². The predicted octanol–water partition coefficient (Wildman–Crippen LogP) is 4.29. The van der Waals surface area contributed by atoms with Crippen molar-refractivity contribution in [1.82, 2.24) is 9.97 Å². The lowest BCUT2D eigenvalue weighted by atomic mass is 9.79. The Morgan fingerprint density at radius 3 is 2.43 bits per heavy atom. The average Bonchev–Trinajstić information content (AvgIpc) is 2.76. The molecule has 0 saturated carbocycles. The third-order valence-corrected chi connectivity index (χ3v) is 4.99. The SMILES string of the molecule is COc1ccc([C@@H]2[C@@H](C/C=C/c3cncnc3)C(=O)N2c2ccccc2)cc1. The van der Waals surface area contributed by atoms with Crippen LogP contribution in [0.2, 0.25) is 0 Å². The molecule has 1 aliphatic heterocycles. The van der Waals surface area contributed by atoms with Gasteiger partial charge in [-0.25, -0.2) is 9.97 Å². The molecule has 0 bridgehead atoms. The van der Waals surface area contributed by atoms with E-state index in [1.807, 2.05) is 71.6 Å². The van der Waals surface area contributed by atoms with Crippen molar-refractivity contribution in [2.75, 3.05) is 12.0 Å². The number of rotatable bonds is 6. The molecule has 28 heavy (non-hydrogen) atoms. The molecule has 0 spiro atoms. The van der Waals surface area contributed by atoms with Crippen LogP contribution < -0.4 is 9.64 Å². The normalized spacial score (nSPS) is 18.9. The molecule has 2 atom stereocenters. The molecular weight excluding hydrogens is 350 g/mol. The number of hydrogen-bond donors (Lipinski definition) is 0. The summed E-state index contributed by atoms with van der Waals surface area (Å²) < 4.78 is 5.27. The fourth-order valence-electron chi connectivity index (χ4n) is 3.58. The summed E-state index contributed by atoms with van der Waals surface area (Å²) in [5.41, 5.74) is 2.95. The summed E-state index contributed by atoms with van der Waals surface area (Å²) in [7, 11) is 1.65. The second kappa shape index (κ2) is 8.05. The van der Waals surface area contributed by atoms with Gasteiger partial charge in [-0.3, -0.25) is 4.79 Å². The number of para-hydroxylation sites is 1. The molecule has 0 aliphatic carbocycles. The van der Waals surface area contributed by atoms with Gasteiger partial charge in [-0.1, -0.05) is 42.5 Å². The molecule has 1 aromatic heterocycles. The van der Waals surface area contributed by atoms with Gasteiger partial charge in [-0.05, 0) is 36.2 Å². The van der Waals surface area contributed by atoms with Crippen molar-refractivity contribution in [3.8, 4) is 5.75 Å². The first kappa shape index (κ1) is 17.9. The number of anilines is 1. The van der Waals surface area contributed by atoms with Crippen molar-refractivity contribution in [3.63, 3.8) is 0 Å². The summed E-state index contributed by atoms with van der Waals surface area (Å²) in [5, 5.41) is 0. The molecule has 0 radical (unpaired) electrons. The van der Waals surface area contributed by atoms with E-state index in [0.29, 0.717) is 6.42 Å². The maximum absolute atomic E-state index is 13.0. The van der Waals surface area contributed by atoms with Crippen molar-refractivity contribution in [2.24, 2.45) is 5.92 Å². The molecule has 3 aromatic rings. The van der Waals surface area contributed by atoms with E-state index in [4.69, 9.17) is 4.74 Å². The Morgan fingerprint density at radius 2 is 1.75 bits per heavy atom. The lowest BCUT2D eigenvalue weighted by molar-refractivity contribution is -0.130. The molecule has 0 unspecified atom stereocenters. The standard InChI is InChI=1S/C23H21N3O2/c1-28-20-12-10-18(11-13-20)22-21(9-5-6-17-14-24-16-25-15-17)23(27)26(22)19-7-3-2-4-8-19/h2-8,10-16,21-22H,9H2,1H3/b6-5+/t21-,22-/m1/s1. The van der Waals surface area contributed by atoms with E-state index in [1.54, 1.807) is 19.5 Å². The number of carbonyl (C=O) groups is 1. The summed E-state index contributed by atoms with van der Waals surface area (Å²) in [6.45, 7) is 0. The molecule has 2 aromatic carbocycles. The number of ether oxygens (including phenoxy) is 1. The molecule has 0 N–H and O–H groups in total. The molecule has 2 heterocycles. The highest BCUT2D eigenvalue weighted by molar-refractivity contribution is 6.03. The minimum Gasteiger partial charge on any atom is -0.497 e. The highest BCUT2D eigenvalue weighted by atomic mass is 16.5. The second-order valence-electron chi connectivity index (χ2n) is 6.68. The van der Waals surface area contributed by atoms with Gasteiger partial charge in [0.05, 0.1) is 19.1 Å². The minimum atomic E-state index is -0.102. The molecule has 1 aliphatic rings. The number of β-lactam (4-membered cyclic amide) rings is 1. The smallest absolute Gasteiger partial charge is 0.233 e. The highest BCUT2D eigenvalue weighted by Crippen LogP contribution is 2.45. The van der Waals surface area contributed by atoms with Crippen LogP contribution in [0.25, 0.3) is 6.08 Å². The Labute approximate surface area is 164 Å². The van der Waals surface area contributed by atoms with Crippen LogP contribution in [-0.4, -0.2) is 23.0 Å². The first-order chi connectivity index (χ1) is 13.8. The summed E-state index contributed by atoms with van der Waals surface area (Å²) >= 11 is 0. The molecule has 5 heteroatoms. The Balaban J connectivity index is 1.59. The maximum Gasteiger partial charge on any atom is 0.233 e. The van der Waals surface area contributed by atoms with Gasteiger partial charge >= 0.3 is 0 Å². The quantitative estimate of drug-likeness (QED) is 0.607. The van der Waals surface area contributed by atoms with Crippen LogP contribution in [0.15, 0.2) is 79.4 Å². The fourth-order valence-corrected chi connectivity index (χ4v) is 3.58. The Morgan fingerprint density at radius 1 is 1.04 bits per heavy atom. The van der Waals surface area contributed by atoms with Gasteiger partial charge in [0, 0.05) is 23.6 Å². The summed E-state index contributed by atoms with van der Waals surface area (Å²) in [6.07, 6.45) is 9.66. The topological polar surface area (TPSA) is 55.3 Å². The van der Waals surface area contributed by atoms with Crippen molar-refractivity contribution in [2.45, 2.75) is 12.5 Å². The van der Waals surface area contributed by atoms with Crippen LogP contribution in [0.4, 0.5) is 5.69 Å². The van der Waals surface area contributed by atoms with Gasteiger partial charge in [0.1, 0.15) is 12.1 Å². The third-order valence-electron chi connectivity index (χ3n) is 4.99. The number of aromatic nitrogens is 2. The van der Waals surface area contributed by atoms with Crippen molar-refractivity contribution in [1.29, 1.82) is 0 Å². The van der Waals surface area contributed by atoms with Crippen LogP contribution >= 0.6 is 0 Å². The first-order valence-electron chi connectivity index (χ1n) is 9.21. The average molecular weight is 371 g/mol. The summed E-state index contributed by atoms with van der Waals surface area (Å²) in [5.74, 6) is 0.844. The van der Waals surface area contributed by atoms with Gasteiger partial charge < -0.3 is 9.64 Å². The lowest BCUT2D eigenvalue weighted by Gasteiger charge is -2.47. The number of carbonyl (C=O) groups excluding carboxylic acids is 1. The van der Waals surface area contributed by atoms with Gasteiger partial charge in [0.2, 0.25) is 5.91 Å². The summed E-state index contributed by atoms with van der Waals surface area (Å²) in [4.78, 5) is 22.9. The minimum absolute atomic E-state index is 0.00233. The fraction of sp³-hybridized carbons (Fsp3) is 0.174. The Kier molecular flexibility index (Phi) is 5.15. The van der Waals surface area contributed by atoms with Crippen LogP contribution in [-0.2, 0) is 4.79 Å². The van der Waals surface area contributed by atoms with Gasteiger partial charge in [-0.15, -0.1) is 0 Å². The summed E-state index contributed by atoms with van der Waals surface area (Å²) in [6, 6.07) is 17.8. The highest BCUT2D eigenvalue weighted by Gasteiger charge is 2.47. The zero-order valence-corrected chi connectivity index (χ0v) is 15.6. The van der Waals surface area contributed by atoms with Crippen LogP contribution in [0, 0.1) is 5.92 Å². The molecule has 5 nitrogen and oxygen atoms in total. The van der Waals surface area contributed by atoms with Crippen LogP contribution in [0.5, 0.6) is 5.75 Å². The van der Waals surface area contributed by atoms with Gasteiger partial charge in [0.25, 0.3) is 0 Å². The molecule has 1 fully saturated rings. The molecule has 1 saturated heterocycles. The second-order valence-corrected chi connectivity index (χ2v) is 6.68. The number of hydrogen-bond acceptors (Lipinski definition) is 4. The maximum atomic E-state index is 13.0.